The van der Waals surface area contributed by atoms with Gasteiger partial charge in [0.15, 0.2) is 0 Å². The van der Waals surface area contributed by atoms with Gasteiger partial charge < -0.3 is 24.6 Å². The molecule has 1 aliphatic carbocycles. The highest BCUT2D eigenvalue weighted by atomic mass is 16.5. The van der Waals surface area contributed by atoms with E-state index in [9.17, 15) is 9.90 Å². The topological polar surface area (TPSA) is 81.4 Å². The standard InChI is InChI=1S/C27H32N2O5/c1-18-22(10-11-24(28-2)25(18)32-3)23-9-8-20(16-19(23)17-34-21-6-4-5-7-21)29-27(26(30)31)12-14-33-15-13-27/h8-11,16,21,29H,4-7,12-15,17H2,1,3H3,(H,30,31). The average Bonchev–Trinajstić information content (AvgIpc) is 3.37. The fourth-order valence-electron chi connectivity index (χ4n) is 5.02. The molecule has 2 aliphatic rings. The first-order valence-corrected chi connectivity index (χ1v) is 11.9. The molecule has 2 fully saturated rings. The second kappa shape index (κ2) is 10.5. The van der Waals surface area contributed by atoms with Crippen LogP contribution in [-0.4, -0.2) is 43.0 Å². The predicted octanol–water partition coefficient (Wildman–Crippen LogP) is 5.73. The van der Waals surface area contributed by atoms with E-state index in [1.807, 2.05) is 31.2 Å². The molecular formula is C27H32N2O5. The molecule has 2 aromatic carbocycles. The number of methoxy groups -OCH3 is 1. The maximum Gasteiger partial charge on any atom is 0.329 e. The summed E-state index contributed by atoms with van der Waals surface area (Å²) in [6, 6.07) is 9.65. The third-order valence-electron chi connectivity index (χ3n) is 7.02. The molecule has 34 heavy (non-hydrogen) atoms. The molecule has 0 unspecified atom stereocenters. The van der Waals surface area contributed by atoms with Crippen molar-refractivity contribution in [3.63, 3.8) is 0 Å². The van der Waals surface area contributed by atoms with Crippen molar-refractivity contribution in [2.45, 2.75) is 63.7 Å². The summed E-state index contributed by atoms with van der Waals surface area (Å²) in [5, 5.41) is 13.3. The van der Waals surface area contributed by atoms with E-state index in [0.717, 1.165) is 40.8 Å². The summed E-state index contributed by atoms with van der Waals surface area (Å²) < 4.78 is 17.2. The minimum Gasteiger partial charge on any atom is -0.507 e. The van der Waals surface area contributed by atoms with Crippen LogP contribution in [0.25, 0.3) is 16.0 Å². The zero-order valence-corrected chi connectivity index (χ0v) is 19.9. The molecular weight excluding hydrogens is 432 g/mol. The van der Waals surface area contributed by atoms with Crippen molar-refractivity contribution in [2.24, 2.45) is 0 Å². The van der Waals surface area contributed by atoms with E-state index in [0.29, 0.717) is 44.1 Å². The molecule has 0 atom stereocenters. The fourth-order valence-corrected chi connectivity index (χ4v) is 5.02. The van der Waals surface area contributed by atoms with Gasteiger partial charge in [-0.1, -0.05) is 31.0 Å². The largest absolute Gasteiger partial charge is 0.507 e. The Bertz CT molecular complexity index is 1080. The predicted molar refractivity (Wildman–Crippen MR) is 131 cm³/mol. The molecule has 4 rings (SSSR count). The van der Waals surface area contributed by atoms with E-state index < -0.39 is 11.5 Å². The number of nitrogens with one attached hydrogen (secondary N) is 1. The number of benzene rings is 2. The van der Waals surface area contributed by atoms with Gasteiger partial charge in [0.1, 0.15) is 11.3 Å². The monoisotopic (exact) mass is 464 g/mol. The Balaban J connectivity index is 1.71. The second-order valence-electron chi connectivity index (χ2n) is 9.12. The van der Waals surface area contributed by atoms with Crippen molar-refractivity contribution in [2.75, 3.05) is 25.6 Å². The van der Waals surface area contributed by atoms with Crippen LogP contribution in [0.1, 0.15) is 49.7 Å². The van der Waals surface area contributed by atoms with E-state index in [1.165, 1.54) is 12.8 Å². The number of carbonyl (C=O) groups is 1. The number of carboxylic acids is 1. The van der Waals surface area contributed by atoms with Gasteiger partial charge in [-0.25, -0.2) is 9.64 Å². The Hall–Kier alpha value is -3.08. The van der Waals surface area contributed by atoms with Crippen molar-refractivity contribution in [3.8, 4) is 16.9 Å². The lowest BCUT2D eigenvalue weighted by atomic mass is 9.89. The lowest BCUT2D eigenvalue weighted by molar-refractivity contribution is -0.145. The number of carboxylic acid groups (broad SMARTS) is 1. The van der Waals surface area contributed by atoms with Crippen molar-refractivity contribution in [3.05, 3.63) is 52.9 Å². The normalized spacial score (nSPS) is 17.8. The zero-order valence-electron chi connectivity index (χ0n) is 19.9. The number of rotatable bonds is 8. The van der Waals surface area contributed by atoms with Gasteiger partial charge in [-0.2, -0.15) is 0 Å². The maximum absolute atomic E-state index is 12.1. The molecule has 1 aliphatic heterocycles. The average molecular weight is 465 g/mol. The lowest BCUT2D eigenvalue weighted by Crippen LogP contribution is -2.50. The van der Waals surface area contributed by atoms with Gasteiger partial charge in [-0.3, -0.25) is 0 Å². The zero-order chi connectivity index (χ0) is 24.1. The number of hydrogen-bond acceptors (Lipinski definition) is 5. The molecule has 7 nitrogen and oxygen atoms in total. The highest BCUT2D eigenvalue weighted by molar-refractivity contribution is 5.84. The molecule has 7 heteroatoms. The van der Waals surface area contributed by atoms with Gasteiger partial charge >= 0.3 is 5.97 Å². The first-order valence-electron chi connectivity index (χ1n) is 11.9. The molecule has 0 bridgehead atoms. The van der Waals surface area contributed by atoms with Gasteiger partial charge in [-0.15, -0.1) is 0 Å². The molecule has 2 N–H and O–H groups in total. The third-order valence-corrected chi connectivity index (χ3v) is 7.02. The fraction of sp³-hybridized carbons (Fsp3) is 0.481. The molecule has 0 amide bonds. The number of anilines is 1. The van der Waals surface area contributed by atoms with E-state index in [2.05, 4.69) is 10.2 Å². The summed E-state index contributed by atoms with van der Waals surface area (Å²) >= 11 is 0. The van der Waals surface area contributed by atoms with E-state index in [1.54, 1.807) is 13.2 Å². The van der Waals surface area contributed by atoms with Crippen LogP contribution in [0, 0.1) is 13.5 Å². The van der Waals surface area contributed by atoms with Crippen molar-refractivity contribution >= 4 is 17.3 Å². The van der Waals surface area contributed by atoms with Crippen LogP contribution >= 0.6 is 0 Å². The van der Waals surface area contributed by atoms with Gasteiger partial charge in [0.25, 0.3) is 0 Å². The second-order valence-corrected chi connectivity index (χ2v) is 9.12. The molecule has 180 valence electrons. The molecule has 0 spiro atoms. The SMILES string of the molecule is [C-]#[N+]c1ccc(-c2ccc(NC3(C(=O)O)CCOCC3)cc2COC2CCCC2)c(C)c1OC. The minimum atomic E-state index is -1.04. The van der Waals surface area contributed by atoms with Gasteiger partial charge in [0.2, 0.25) is 5.69 Å². The number of ether oxygens (including phenoxy) is 3. The molecule has 2 aromatic rings. The summed E-state index contributed by atoms with van der Waals surface area (Å²) in [6.07, 6.45) is 5.60. The Morgan fingerprint density at radius 3 is 2.56 bits per heavy atom. The van der Waals surface area contributed by atoms with Crippen LogP contribution in [0.15, 0.2) is 30.3 Å². The molecule has 1 saturated carbocycles. The summed E-state index contributed by atoms with van der Waals surface area (Å²) in [5.41, 5.74) is 4.02. The first kappa shape index (κ1) is 24.1. The van der Waals surface area contributed by atoms with Crippen LogP contribution in [0.3, 0.4) is 0 Å². The lowest BCUT2D eigenvalue weighted by Gasteiger charge is -2.35. The molecule has 1 saturated heterocycles. The first-order chi connectivity index (χ1) is 16.5. The quantitative estimate of drug-likeness (QED) is 0.486. The van der Waals surface area contributed by atoms with E-state index in [4.69, 9.17) is 20.8 Å². The third kappa shape index (κ3) is 4.89. The van der Waals surface area contributed by atoms with Crippen LogP contribution in [0.4, 0.5) is 11.4 Å². The van der Waals surface area contributed by atoms with Gasteiger partial charge in [0.05, 0.1) is 26.4 Å². The smallest absolute Gasteiger partial charge is 0.329 e. The van der Waals surface area contributed by atoms with Crippen LogP contribution in [0.5, 0.6) is 5.75 Å². The minimum absolute atomic E-state index is 0.255. The molecule has 0 aromatic heterocycles. The summed E-state index contributed by atoms with van der Waals surface area (Å²) in [5.74, 6) is -0.289. The van der Waals surface area contributed by atoms with Crippen LogP contribution < -0.4 is 10.1 Å². The molecule has 0 radical (unpaired) electrons. The Kier molecular flexibility index (Phi) is 7.40. The number of aliphatic carboxylic acids is 1. The maximum atomic E-state index is 12.1. The summed E-state index contributed by atoms with van der Waals surface area (Å²) in [6.45, 7) is 10.7. The van der Waals surface area contributed by atoms with E-state index >= 15 is 0 Å². The Labute approximate surface area is 200 Å². The Morgan fingerprint density at radius 1 is 1.21 bits per heavy atom. The van der Waals surface area contributed by atoms with E-state index in [-0.39, 0.29) is 6.10 Å². The van der Waals surface area contributed by atoms with Crippen molar-refractivity contribution < 1.29 is 24.1 Å². The van der Waals surface area contributed by atoms with Crippen molar-refractivity contribution in [1.29, 1.82) is 0 Å². The summed E-state index contributed by atoms with van der Waals surface area (Å²) in [7, 11) is 1.58. The number of nitrogens with zero attached hydrogens (tertiary/aromatic N) is 1. The van der Waals surface area contributed by atoms with Gasteiger partial charge in [-0.05, 0) is 54.2 Å². The molecule has 1 heterocycles. The van der Waals surface area contributed by atoms with Crippen molar-refractivity contribution in [1.82, 2.24) is 0 Å². The summed E-state index contributed by atoms with van der Waals surface area (Å²) in [4.78, 5) is 15.7. The Morgan fingerprint density at radius 2 is 1.91 bits per heavy atom. The highest BCUT2D eigenvalue weighted by Crippen LogP contribution is 2.40. The highest BCUT2D eigenvalue weighted by Gasteiger charge is 2.40. The van der Waals surface area contributed by atoms with Crippen LogP contribution in [0.2, 0.25) is 0 Å². The van der Waals surface area contributed by atoms with Gasteiger partial charge in [0, 0.05) is 31.7 Å². The number of hydrogen-bond donors (Lipinski definition) is 2. The van der Waals surface area contributed by atoms with Crippen LogP contribution in [-0.2, 0) is 20.9 Å².